The van der Waals surface area contributed by atoms with E-state index in [1.54, 1.807) is 29.3 Å². The third kappa shape index (κ3) is 4.43. The van der Waals surface area contributed by atoms with Crippen molar-refractivity contribution in [2.45, 2.75) is 12.6 Å². The minimum absolute atomic E-state index is 0.0187. The maximum absolute atomic E-state index is 13.9. The maximum Gasteiger partial charge on any atom is 0.416 e. The number of hydrogen-bond donors (Lipinski definition) is 2. The number of carboxylic acid groups (broad SMARTS) is 1. The first-order chi connectivity index (χ1) is 17.1. The van der Waals surface area contributed by atoms with Crippen LogP contribution < -0.4 is 4.74 Å². The van der Waals surface area contributed by atoms with Gasteiger partial charge < -0.3 is 14.7 Å². The lowest BCUT2D eigenvalue weighted by molar-refractivity contribution is -0.145. The van der Waals surface area contributed by atoms with E-state index < -0.39 is 29.5 Å². The third-order valence-corrected chi connectivity index (χ3v) is 7.30. The number of likely N-dealkylation sites (tertiary alicyclic amines) is 1. The van der Waals surface area contributed by atoms with Gasteiger partial charge in [-0.1, -0.05) is 12.1 Å². The number of amidine groups is 1. The van der Waals surface area contributed by atoms with Gasteiger partial charge in [0.1, 0.15) is 5.75 Å². The second kappa shape index (κ2) is 9.01. The van der Waals surface area contributed by atoms with Crippen molar-refractivity contribution in [1.29, 1.82) is 0 Å². The summed E-state index contributed by atoms with van der Waals surface area (Å²) in [4.78, 5) is 30.1. The molecule has 2 N–H and O–H groups in total. The highest BCUT2D eigenvalue weighted by molar-refractivity contribution is 8.18. The van der Waals surface area contributed by atoms with E-state index in [2.05, 4.69) is 15.2 Å². The monoisotopic (exact) mass is 516 g/mol. The SMILES string of the molecule is COc1ccc(CC(=C2SC(N3CC(C(=O)O)C3)=NC2=O)c2ccc3[nH]ncc3c2)c(C(F)(F)F)c1. The number of fused-ring (bicyclic) bond motifs is 1. The van der Waals surface area contributed by atoms with Crippen LogP contribution in [0.5, 0.6) is 5.75 Å². The van der Waals surface area contributed by atoms with Crippen LogP contribution in [0, 0.1) is 5.92 Å². The van der Waals surface area contributed by atoms with E-state index in [1.165, 1.54) is 19.2 Å². The molecule has 1 aromatic heterocycles. The van der Waals surface area contributed by atoms with Crippen molar-refractivity contribution in [3.63, 3.8) is 0 Å². The minimum atomic E-state index is -4.63. The molecule has 3 heterocycles. The molecule has 0 unspecified atom stereocenters. The van der Waals surface area contributed by atoms with Crippen molar-refractivity contribution in [3.8, 4) is 5.75 Å². The Morgan fingerprint density at radius 2 is 2.03 bits per heavy atom. The molecule has 2 aliphatic rings. The molecule has 0 bridgehead atoms. The standard InChI is InChI=1S/C24H19F3N4O4S/c1-35-16-4-2-13(18(8-16)24(25,26)27)7-17(12-3-5-19-14(6-12)9-28-30-19)20-21(32)29-23(36-20)31-10-15(11-31)22(33)34/h2-6,8-9,15H,7,10-11H2,1H3,(H,28,30)(H,33,34). The smallest absolute Gasteiger partial charge is 0.416 e. The second-order valence-electron chi connectivity index (χ2n) is 8.42. The molecule has 186 valence electrons. The van der Waals surface area contributed by atoms with E-state index in [-0.39, 0.29) is 35.7 Å². The Kier molecular flexibility index (Phi) is 5.99. The first-order valence-electron chi connectivity index (χ1n) is 10.8. The number of carbonyl (C=O) groups excluding carboxylic acids is 1. The van der Waals surface area contributed by atoms with Crippen molar-refractivity contribution >= 4 is 45.3 Å². The third-order valence-electron chi connectivity index (χ3n) is 6.14. The van der Waals surface area contributed by atoms with E-state index in [9.17, 15) is 22.8 Å². The van der Waals surface area contributed by atoms with E-state index in [0.717, 1.165) is 28.7 Å². The van der Waals surface area contributed by atoms with Crippen LogP contribution in [-0.4, -0.2) is 57.4 Å². The summed E-state index contributed by atoms with van der Waals surface area (Å²) in [5.74, 6) is -1.97. The minimum Gasteiger partial charge on any atom is -0.497 e. The summed E-state index contributed by atoms with van der Waals surface area (Å²) in [6, 6.07) is 8.95. The summed E-state index contributed by atoms with van der Waals surface area (Å²) < 4.78 is 46.8. The van der Waals surface area contributed by atoms with Gasteiger partial charge in [-0.3, -0.25) is 14.7 Å². The molecule has 36 heavy (non-hydrogen) atoms. The predicted molar refractivity (Wildman–Crippen MR) is 127 cm³/mol. The van der Waals surface area contributed by atoms with Crippen molar-refractivity contribution < 1.29 is 32.6 Å². The van der Waals surface area contributed by atoms with E-state index in [4.69, 9.17) is 9.84 Å². The lowest BCUT2D eigenvalue weighted by Crippen LogP contribution is -2.51. The van der Waals surface area contributed by atoms with Crippen molar-refractivity contribution in [1.82, 2.24) is 15.1 Å². The fourth-order valence-corrected chi connectivity index (χ4v) is 5.18. The van der Waals surface area contributed by atoms with Crippen LogP contribution >= 0.6 is 11.8 Å². The fourth-order valence-electron chi connectivity index (χ4n) is 4.15. The average molecular weight is 517 g/mol. The molecule has 1 amide bonds. The summed E-state index contributed by atoms with van der Waals surface area (Å²) >= 11 is 1.05. The van der Waals surface area contributed by atoms with Crippen molar-refractivity contribution in [3.05, 3.63) is 64.2 Å². The number of aromatic amines is 1. The Balaban J connectivity index is 1.56. The van der Waals surface area contributed by atoms with Gasteiger partial charge in [-0.25, -0.2) is 0 Å². The molecule has 8 nitrogen and oxygen atoms in total. The number of halogens is 3. The van der Waals surface area contributed by atoms with E-state index in [1.807, 2.05) is 0 Å². The summed E-state index contributed by atoms with van der Waals surface area (Å²) in [7, 11) is 1.29. The van der Waals surface area contributed by atoms with Crippen LogP contribution in [0.1, 0.15) is 16.7 Å². The molecule has 0 atom stereocenters. The van der Waals surface area contributed by atoms with Gasteiger partial charge in [-0.05, 0) is 59.1 Å². The number of aliphatic imine (C=N–C) groups is 1. The molecule has 0 radical (unpaired) electrons. The van der Waals surface area contributed by atoms with Crippen LogP contribution in [-0.2, 0) is 22.2 Å². The Bertz CT molecular complexity index is 1440. The summed E-state index contributed by atoms with van der Waals surface area (Å²) in [6.07, 6.45) is -3.23. The molecule has 5 rings (SSSR count). The molecule has 1 fully saturated rings. The predicted octanol–water partition coefficient (Wildman–Crippen LogP) is 4.19. The van der Waals surface area contributed by atoms with Gasteiger partial charge in [0.05, 0.1) is 35.2 Å². The molecular formula is C24H19F3N4O4S. The number of hydrogen-bond acceptors (Lipinski definition) is 6. The van der Waals surface area contributed by atoms with Crippen LogP contribution in [0.15, 0.2) is 52.5 Å². The van der Waals surface area contributed by atoms with Gasteiger partial charge in [0.25, 0.3) is 5.91 Å². The van der Waals surface area contributed by atoms with Gasteiger partial charge in [-0.2, -0.15) is 23.3 Å². The molecule has 2 aromatic carbocycles. The number of alkyl halides is 3. The highest BCUT2D eigenvalue weighted by Crippen LogP contribution is 2.41. The Labute approximate surface area is 206 Å². The molecule has 3 aromatic rings. The largest absolute Gasteiger partial charge is 0.497 e. The number of aromatic nitrogens is 2. The number of benzene rings is 2. The van der Waals surface area contributed by atoms with Crippen LogP contribution in [0.4, 0.5) is 13.2 Å². The highest BCUT2D eigenvalue weighted by atomic mass is 32.2. The van der Waals surface area contributed by atoms with Gasteiger partial charge in [0, 0.05) is 18.5 Å². The molecule has 2 aliphatic heterocycles. The number of carbonyl (C=O) groups is 2. The lowest BCUT2D eigenvalue weighted by Gasteiger charge is -2.37. The highest BCUT2D eigenvalue weighted by Gasteiger charge is 2.39. The number of rotatable bonds is 5. The maximum atomic E-state index is 13.9. The topological polar surface area (TPSA) is 108 Å². The number of allylic oxidation sites excluding steroid dienone is 1. The van der Waals surface area contributed by atoms with Gasteiger partial charge >= 0.3 is 12.1 Å². The van der Waals surface area contributed by atoms with Crippen LogP contribution in [0.2, 0.25) is 0 Å². The normalized spacial score (nSPS) is 17.8. The van der Waals surface area contributed by atoms with Crippen LogP contribution in [0.3, 0.4) is 0 Å². The first kappa shape index (κ1) is 23.9. The van der Waals surface area contributed by atoms with E-state index in [0.29, 0.717) is 16.3 Å². The summed E-state index contributed by atoms with van der Waals surface area (Å²) in [6.45, 7) is 0.434. The molecule has 0 saturated carbocycles. The lowest BCUT2D eigenvalue weighted by atomic mass is 9.93. The zero-order valence-corrected chi connectivity index (χ0v) is 19.6. The van der Waals surface area contributed by atoms with Crippen molar-refractivity contribution in [2.24, 2.45) is 10.9 Å². The number of H-pyrrole nitrogens is 1. The number of nitrogens with zero attached hydrogens (tertiary/aromatic N) is 3. The fraction of sp³-hybridized carbons (Fsp3) is 0.250. The average Bonchev–Trinajstić information content (AvgIpc) is 3.41. The molecule has 0 aliphatic carbocycles. The van der Waals surface area contributed by atoms with Gasteiger partial charge in [0.15, 0.2) is 5.17 Å². The number of carboxylic acids is 1. The zero-order chi connectivity index (χ0) is 25.6. The number of methoxy groups -OCH3 is 1. The quantitative estimate of drug-likeness (QED) is 0.490. The molecule has 12 heteroatoms. The second-order valence-corrected chi connectivity index (χ2v) is 9.40. The number of thioether (sulfide) groups is 1. The molecule has 0 spiro atoms. The molecular weight excluding hydrogens is 497 g/mol. The van der Waals surface area contributed by atoms with Crippen molar-refractivity contribution in [2.75, 3.05) is 20.2 Å². The Morgan fingerprint density at radius 3 is 2.72 bits per heavy atom. The number of aliphatic carboxylic acids is 1. The Hall–Kier alpha value is -3.80. The van der Waals surface area contributed by atoms with Gasteiger partial charge in [0.2, 0.25) is 0 Å². The zero-order valence-electron chi connectivity index (χ0n) is 18.8. The Morgan fingerprint density at radius 1 is 1.25 bits per heavy atom. The van der Waals surface area contributed by atoms with Crippen LogP contribution in [0.25, 0.3) is 16.5 Å². The number of amides is 1. The van der Waals surface area contributed by atoms with Gasteiger partial charge in [-0.15, -0.1) is 0 Å². The number of ether oxygens (including phenoxy) is 1. The first-order valence-corrected chi connectivity index (χ1v) is 11.6. The summed E-state index contributed by atoms with van der Waals surface area (Å²) in [5.41, 5.74) is 0.818. The summed E-state index contributed by atoms with van der Waals surface area (Å²) in [5, 5.41) is 17.0. The molecule has 1 saturated heterocycles. The number of nitrogens with one attached hydrogen (secondary N) is 1. The van der Waals surface area contributed by atoms with E-state index >= 15 is 0 Å².